The smallest absolute Gasteiger partial charge is 0.240 e. The molecule has 1 rings (SSSR count). The third kappa shape index (κ3) is 6.29. The lowest BCUT2D eigenvalue weighted by Crippen LogP contribution is -2.29. The van der Waals surface area contributed by atoms with E-state index in [9.17, 15) is 13.2 Å². The Bertz CT molecular complexity index is 615. The summed E-state index contributed by atoms with van der Waals surface area (Å²) < 4.78 is 26.5. The molecule has 6 nitrogen and oxygen atoms in total. The number of anilines is 1. The Morgan fingerprint density at radius 3 is 2.57 bits per heavy atom. The number of amides is 1. The van der Waals surface area contributed by atoms with E-state index in [2.05, 4.69) is 30.8 Å². The van der Waals surface area contributed by atoms with Gasteiger partial charge in [0, 0.05) is 25.2 Å². The maximum absolute atomic E-state index is 12.1. The standard InChI is InChI=1S/C16H27N3O3S/c1-4-13(12(2)3)10-16(20)19-14-6-5-7-15(11-14)23(21,22)18-9-8-17/h5-7,11-13,18H,4,8-10,17H2,1-3H3,(H,19,20). The molecule has 0 aliphatic rings. The Hall–Kier alpha value is -1.44. The van der Waals surface area contributed by atoms with Gasteiger partial charge in [-0.1, -0.05) is 33.3 Å². The number of hydrogen-bond donors (Lipinski definition) is 3. The molecule has 0 saturated carbocycles. The van der Waals surface area contributed by atoms with Crippen molar-refractivity contribution in [1.82, 2.24) is 4.72 Å². The Morgan fingerprint density at radius 1 is 1.30 bits per heavy atom. The number of carbonyl (C=O) groups excluding carboxylic acids is 1. The molecule has 1 unspecified atom stereocenters. The molecule has 0 saturated heterocycles. The Morgan fingerprint density at radius 2 is 2.00 bits per heavy atom. The maximum atomic E-state index is 12.1. The first-order chi connectivity index (χ1) is 10.8. The van der Waals surface area contributed by atoms with Crippen molar-refractivity contribution >= 4 is 21.6 Å². The summed E-state index contributed by atoms with van der Waals surface area (Å²) in [7, 11) is -3.60. The summed E-state index contributed by atoms with van der Waals surface area (Å²) in [5, 5.41) is 2.77. The lowest BCUT2D eigenvalue weighted by Gasteiger charge is -2.18. The predicted octanol–water partition coefficient (Wildman–Crippen LogP) is 1.93. The molecular formula is C16H27N3O3S. The highest BCUT2D eigenvalue weighted by Crippen LogP contribution is 2.21. The van der Waals surface area contributed by atoms with Gasteiger partial charge in [-0.15, -0.1) is 0 Å². The minimum atomic E-state index is -3.60. The Kier molecular flexibility index (Phi) is 7.67. The van der Waals surface area contributed by atoms with Crippen molar-refractivity contribution in [2.75, 3.05) is 18.4 Å². The highest BCUT2D eigenvalue weighted by molar-refractivity contribution is 7.89. The van der Waals surface area contributed by atoms with Gasteiger partial charge in [0.15, 0.2) is 0 Å². The van der Waals surface area contributed by atoms with Gasteiger partial charge in [-0.2, -0.15) is 0 Å². The van der Waals surface area contributed by atoms with Crippen LogP contribution in [-0.2, 0) is 14.8 Å². The second-order valence-electron chi connectivity index (χ2n) is 5.88. The lowest BCUT2D eigenvalue weighted by molar-refractivity contribution is -0.117. The third-order valence-corrected chi connectivity index (χ3v) is 5.24. The molecule has 1 atom stereocenters. The molecule has 0 aromatic heterocycles. The fourth-order valence-corrected chi connectivity index (χ4v) is 3.41. The molecule has 0 fully saturated rings. The average Bonchev–Trinajstić information content (AvgIpc) is 2.50. The van der Waals surface area contributed by atoms with E-state index in [1.165, 1.54) is 12.1 Å². The molecule has 4 N–H and O–H groups in total. The molecule has 130 valence electrons. The van der Waals surface area contributed by atoms with Gasteiger partial charge in [0.1, 0.15) is 0 Å². The van der Waals surface area contributed by atoms with E-state index in [1.807, 2.05) is 0 Å². The van der Waals surface area contributed by atoms with Gasteiger partial charge in [-0.05, 0) is 30.0 Å². The fourth-order valence-electron chi connectivity index (χ4n) is 2.32. The van der Waals surface area contributed by atoms with Gasteiger partial charge in [0.05, 0.1) is 4.90 Å². The fraction of sp³-hybridized carbons (Fsp3) is 0.562. The monoisotopic (exact) mass is 341 g/mol. The van der Waals surface area contributed by atoms with E-state index >= 15 is 0 Å². The highest BCUT2D eigenvalue weighted by Gasteiger charge is 2.17. The summed E-state index contributed by atoms with van der Waals surface area (Å²) in [6.07, 6.45) is 1.36. The third-order valence-electron chi connectivity index (χ3n) is 3.78. The SMILES string of the molecule is CCC(CC(=O)Nc1cccc(S(=O)(=O)NCCN)c1)C(C)C. The quantitative estimate of drug-likeness (QED) is 0.639. The van der Waals surface area contributed by atoms with Crippen molar-refractivity contribution in [3.8, 4) is 0 Å². The van der Waals surface area contributed by atoms with Gasteiger partial charge in [-0.3, -0.25) is 4.79 Å². The number of sulfonamides is 1. The summed E-state index contributed by atoms with van der Waals surface area (Å²) in [5.74, 6) is 0.640. The minimum Gasteiger partial charge on any atom is -0.329 e. The van der Waals surface area contributed by atoms with E-state index in [0.717, 1.165) is 6.42 Å². The van der Waals surface area contributed by atoms with Crippen molar-refractivity contribution < 1.29 is 13.2 Å². The van der Waals surface area contributed by atoms with Crippen LogP contribution >= 0.6 is 0 Å². The Labute approximate surface area is 138 Å². The minimum absolute atomic E-state index is 0.102. The second-order valence-corrected chi connectivity index (χ2v) is 7.65. The van der Waals surface area contributed by atoms with Crippen molar-refractivity contribution in [2.24, 2.45) is 17.6 Å². The van der Waals surface area contributed by atoms with Gasteiger partial charge >= 0.3 is 0 Å². The number of nitrogens with one attached hydrogen (secondary N) is 2. The van der Waals surface area contributed by atoms with Gasteiger partial charge in [0.2, 0.25) is 15.9 Å². The number of hydrogen-bond acceptors (Lipinski definition) is 4. The molecule has 0 spiro atoms. The molecule has 7 heteroatoms. The largest absolute Gasteiger partial charge is 0.329 e. The summed E-state index contributed by atoms with van der Waals surface area (Å²) >= 11 is 0. The zero-order chi connectivity index (χ0) is 17.5. The van der Waals surface area contributed by atoms with Crippen LogP contribution in [-0.4, -0.2) is 27.4 Å². The Balaban J connectivity index is 2.79. The molecule has 1 amide bonds. The first kappa shape index (κ1) is 19.6. The molecule has 23 heavy (non-hydrogen) atoms. The topological polar surface area (TPSA) is 101 Å². The number of benzene rings is 1. The number of carbonyl (C=O) groups is 1. The number of nitrogens with two attached hydrogens (primary N) is 1. The molecule has 0 aliphatic carbocycles. The molecular weight excluding hydrogens is 314 g/mol. The van der Waals surface area contributed by atoms with Crippen LogP contribution in [0.5, 0.6) is 0 Å². The summed E-state index contributed by atoms with van der Waals surface area (Å²) in [5.41, 5.74) is 5.79. The summed E-state index contributed by atoms with van der Waals surface area (Å²) in [6, 6.07) is 6.22. The van der Waals surface area contributed by atoms with E-state index < -0.39 is 10.0 Å². The molecule has 0 aliphatic heterocycles. The summed E-state index contributed by atoms with van der Waals surface area (Å²) in [4.78, 5) is 12.2. The van der Waals surface area contributed by atoms with Crippen molar-refractivity contribution in [3.63, 3.8) is 0 Å². The van der Waals surface area contributed by atoms with E-state index in [-0.39, 0.29) is 23.9 Å². The molecule has 0 bridgehead atoms. The lowest BCUT2D eigenvalue weighted by atomic mass is 9.90. The zero-order valence-electron chi connectivity index (χ0n) is 14.0. The van der Waals surface area contributed by atoms with Crippen LogP contribution < -0.4 is 15.8 Å². The van der Waals surface area contributed by atoms with Gasteiger partial charge in [0.25, 0.3) is 0 Å². The first-order valence-corrected chi connectivity index (χ1v) is 9.38. The van der Waals surface area contributed by atoms with Gasteiger partial charge in [-0.25, -0.2) is 13.1 Å². The van der Waals surface area contributed by atoms with E-state index in [0.29, 0.717) is 23.9 Å². The van der Waals surface area contributed by atoms with Crippen LogP contribution in [0.15, 0.2) is 29.2 Å². The highest BCUT2D eigenvalue weighted by atomic mass is 32.2. The second kappa shape index (κ2) is 9.00. The van der Waals surface area contributed by atoms with Crippen LogP contribution in [0, 0.1) is 11.8 Å². The van der Waals surface area contributed by atoms with Crippen LogP contribution in [0.25, 0.3) is 0 Å². The van der Waals surface area contributed by atoms with E-state index in [4.69, 9.17) is 5.73 Å². The predicted molar refractivity (Wildman–Crippen MR) is 92.6 cm³/mol. The molecule has 0 heterocycles. The molecule has 1 aromatic rings. The normalized spacial score (nSPS) is 13.1. The molecule has 0 radical (unpaired) electrons. The average molecular weight is 341 g/mol. The van der Waals surface area contributed by atoms with E-state index in [1.54, 1.807) is 12.1 Å². The number of rotatable bonds is 9. The van der Waals surface area contributed by atoms with Crippen LogP contribution in [0.1, 0.15) is 33.6 Å². The molecule has 1 aromatic carbocycles. The summed E-state index contributed by atoms with van der Waals surface area (Å²) in [6.45, 7) is 6.65. The van der Waals surface area contributed by atoms with Crippen molar-refractivity contribution in [2.45, 2.75) is 38.5 Å². The van der Waals surface area contributed by atoms with Crippen LogP contribution in [0.3, 0.4) is 0 Å². The first-order valence-electron chi connectivity index (χ1n) is 7.89. The maximum Gasteiger partial charge on any atom is 0.240 e. The zero-order valence-corrected chi connectivity index (χ0v) is 14.8. The van der Waals surface area contributed by atoms with Crippen molar-refractivity contribution in [3.05, 3.63) is 24.3 Å². The van der Waals surface area contributed by atoms with Gasteiger partial charge < -0.3 is 11.1 Å². The van der Waals surface area contributed by atoms with Crippen LogP contribution in [0.4, 0.5) is 5.69 Å². The van der Waals surface area contributed by atoms with Crippen molar-refractivity contribution in [1.29, 1.82) is 0 Å². The van der Waals surface area contributed by atoms with Crippen LogP contribution in [0.2, 0.25) is 0 Å².